The Hall–Kier alpha value is -2.41. The summed E-state index contributed by atoms with van der Waals surface area (Å²) in [6.07, 6.45) is 0.298. The number of nitrogens with two attached hydrogens (primary N) is 1. The third-order valence-corrected chi connectivity index (χ3v) is 2.94. The molecule has 0 saturated heterocycles. The number of carbonyl (C=O) groups excluding carboxylic acids is 3. The number of amides is 2. The van der Waals surface area contributed by atoms with Crippen molar-refractivity contribution in [2.75, 3.05) is 13.1 Å². The van der Waals surface area contributed by atoms with Crippen LogP contribution in [0.2, 0.25) is 0 Å². The molecule has 0 fully saturated rings. The van der Waals surface area contributed by atoms with Gasteiger partial charge < -0.3 is 21.1 Å². The lowest BCUT2D eigenvalue weighted by Crippen LogP contribution is -2.49. The predicted octanol–water partition coefficient (Wildman–Crippen LogP) is 0.131. The molecule has 24 heavy (non-hydrogen) atoms. The van der Waals surface area contributed by atoms with Gasteiger partial charge in [0.15, 0.2) is 0 Å². The lowest BCUT2D eigenvalue weighted by Gasteiger charge is -2.24. The molecule has 0 spiro atoms. The van der Waals surface area contributed by atoms with Crippen molar-refractivity contribution >= 4 is 17.8 Å². The van der Waals surface area contributed by atoms with Crippen LogP contribution < -0.4 is 16.4 Å². The van der Waals surface area contributed by atoms with Crippen LogP contribution in [-0.4, -0.2) is 42.5 Å². The Bertz CT molecular complexity index is 567. The minimum atomic E-state index is -0.839. The Kier molecular flexibility index (Phi) is 7.38. The van der Waals surface area contributed by atoms with Crippen molar-refractivity contribution in [3.63, 3.8) is 0 Å². The van der Waals surface area contributed by atoms with Gasteiger partial charge in [0.05, 0.1) is 13.1 Å². The number of esters is 1. The molecule has 0 aromatic heterocycles. The van der Waals surface area contributed by atoms with Crippen molar-refractivity contribution in [3.05, 3.63) is 35.9 Å². The van der Waals surface area contributed by atoms with Gasteiger partial charge in [0.2, 0.25) is 11.8 Å². The van der Waals surface area contributed by atoms with Crippen LogP contribution in [-0.2, 0) is 25.5 Å². The van der Waals surface area contributed by atoms with Gasteiger partial charge in [-0.05, 0) is 26.3 Å². The Morgan fingerprint density at radius 2 is 1.75 bits per heavy atom. The Morgan fingerprint density at radius 3 is 2.29 bits per heavy atom. The second-order valence-electron chi connectivity index (χ2n) is 6.32. The van der Waals surface area contributed by atoms with Gasteiger partial charge >= 0.3 is 5.97 Å². The van der Waals surface area contributed by atoms with Crippen molar-refractivity contribution in [2.45, 2.75) is 38.8 Å². The molecule has 1 rings (SSSR count). The van der Waals surface area contributed by atoms with Gasteiger partial charge in [-0.2, -0.15) is 0 Å². The first-order valence-corrected chi connectivity index (χ1v) is 7.74. The zero-order chi connectivity index (χ0) is 18.2. The molecule has 1 atom stereocenters. The highest BCUT2D eigenvalue weighted by molar-refractivity contribution is 5.88. The van der Waals surface area contributed by atoms with E-state index in [1.807, 2.05) is 30.3 Å². The van der Waals surface area contributed by atoms with Crippen molar-refractivity contribution in [2.24, 2.45) is 5.73 Å². The maximum absolute atomic E-state index is 12.3. The van der Waals surface area contributed by atoms with Crippen molar-refractivity contribution in [1.82, 2.24) is 10.6 Å². The fourth-order valence-electron chi connectivity index (χ4n) is 1.91. The van der Waals surface area contributed by atoms with Gasteiger partial charge in [-0.15, -0.1) is 0 Å². The summed E-state index contributed by atoms with van der Waals surface area (Å²) >= 11 is 0. The van der Waals surface area contributed by atoms with E-state index >= 15 is 0 Å². The van der Waals surface area contributed by atoms with Crippen molar-refractivity contribution in [3.8, 4) is 0 Å². The predicted molar refractivity (Wildman–Crippen MR) is 90.0 cm³/mol. The van der Waals surface area contributed by atoms with Gasteiger partial charge in [-0.3, -0.25) is 9.59 Å². The maximum atomic E-state index is 12.3. The van der Waals surface area contributed by atoms with Crippen LogP contribution in [0.4, 0.5) is 0 Å². The number of nitrogens with one attached hydrogen (secondary N) is 2. The van der Waals surface area contributed by atoms with Crippen molar-refractivity contribution in [1.29, 1.82) is 0 Å². The van der Waals surface area contributed by atoms with Crippen LogP contribution in [0.1, 0.15) is 26.3 Å². The molecular weight excluding hydrogens is 310 g/mol. The van der Waals surface area contributed by atoms with E-state index in [1.54, 1.807) is 20.8 Å². The van der Waals surface area contributed by atoms with Gasteiger partial charge in [0.1, 0.15) is 11.6 Å². The molecule has 0 unspecified atom stereocenters. The first kappa shape index (κ1) is 19.6. The maximum Gasteiger partial charge on any atom is 0.329 e. The van der Waals surface area contributed by atoms with Gasteiger partial charge in [0.25, 0.3) is 0 Å². The van der Waals surface area contributed by atoms with Crippen LogP contribution in [0.5, 0.6) is 0 Å². The highest BCUT2D eigenvalue weighted by Crippen LogP contribution is 2.11. The number of benzene rings is 1. The van der Waals surface area contributed by atoms with Crippen LogP contribution in [0.15, 0.2) is 30.3 Å². The number of ether oxygens (including phenoxy) is 1. The molecule has 4 N–H and O–H groups in total. The fourth-order valence-corrected chi connectivity index (χ4v) is 1.91. The summed E-state index contributed by atoms with van der Waals surface area (Å²) in [4.78, 5) is 35.4. The summed E-state index contributed by atoms with van der Waals surface area (Å²) in [6, 6.07) is 8.45. The Labute approximate surface area is 141 Å². The quantitative estimate of drug-likeness (QED) is 0.614. The van der Waals surface area contributed by atoms with Gasteiger partial charge in [-0.1, -0.05) is 30.3 Å². The second-order valence-corrected chi connectivity index (χ2v) is 6.32. The zero-order valence-corrected chi connectivity index (χ0v) is 14.3. The lowest BCUT2D eigenvalue weighted by molar-refractivity contribution is -0.158. The highest BCUT2D eigenvalue weighted by atomic mass is 16.6. The monoisotopic (exact) mass is 335 g/mol. The summed E-state index contributed by atoms with van der Waals surface area (Å²) in [5, 5.41) is 4.96. The molecule has 7 nitrogen and oxygen atoms in total. The van der Waals surface area contributed by atoms with Crippen LogP contribution in [0, 0.1) is 0 Å². The van der Waals surface area contributed by atoms with E-state index in [0.717, 1.165) is 5.56 Å². The average Bonchev–Trinajstić information content (AvgIpc) is 2.51. The van der Waals surface area contributed by atoms with Crippen LogP contribution in [0.3, 0.4) is 0 Å². The van der Waals surface area contributed by atoms with E-state index < -0.39 is 29.4 Å². The largest absolute Gasteiger partial charge is 0.458 e. The molecule has 0 aliphatic carbocycles. The minimum Gasteiger partial charge on any atom is -0.458 e. The van der Waals surface area contributed by atoms with E-state index in [-0.39, 0.29) is 13.1 Å². The average molecular weight is 335 g/mol. The van der Waals surface area contributed by atoms with Crippen molar-refractivity contribution < 1.29 is 19.1 Å². The first-order chi connectivity index (χ1) is 11.2. The van der Waals surface area contributed by atoms with E-state index in [2.05, 4.69) is 10.6 Å². The van der Waals surface area contributed by atoms with E-state index in [4.69, 9.17) is 10.5 Å². The van der Waals surface area contributed by atoms with Crippen LogP contribution in [0.25, 0.3) is 0 Å². The summed E-state index contributed by atoms with van der Waals surface area (Å²) in [5.41, 5.74) is 5.39. The summed E-state index contributed by atoms with van der Waals surface area (Å²) < 4.78 is 5.36. The summed E-state index contributed by atoms with van der Waals surface area (Å²) in [7, 11) is 0. The number of hydrogen-bond acceptors (Lipinski definition) is 5. The van der Waals surface area contributed by atoms with E-state index in [1.165, 1.54) is 0 Å². The second kappa shape index (κ2) is 9.02. The third-order valence-electron chi connectivity index (χ3n) is 2.94. The normalized spacial score (nSPS) is 12.2. The lowest BCUT2D eigenvalue weighted by atomic mass is 10.1. The molecule has 2 amide bonds. The first-order valence-electron chi connectivity index (χ1n) is 7.74. The SMILES string of the molecule is CC(C)(C)OC(=O)[C@H](Cc1ccccc1)NC(=O)CNC(=O)CN. The molecule has 0 heterocycles. The van der Waals surface area contributed by atoms with Gasteiger partial charge in [0, 0.05) is 6.42 Å². The molecule has 0 aliphatic rings. The Balaban J connectivity index is 2.75. The molecule has 1 aromatic carbocycles. The fraction of sp³-hybridized carbons (Fsp3) is 0.471. The third kappa shape index (κ3) is 7.73. The van der Waals surface area contributed by atoms with E-state index in [0.29, 0.717) is 6.42 Å². The number of carbonyl (C=O) groups is 3. The molecule has 132 valence electrons. The molecular formula is C17H25N3O4. The molecule has 0 bridgehead atoms. The Morgan fingerprint density at radius 1 is 1.12 bits per heavy atom. The molecule has 0 saturated carbocycles. The smallest absolute Gasteiger partial charge is 0.329 e. The summed E-state index contributed by atoms with van der Waals surface area (Å²) in [5.74, 6) is -1.45. The zero-order valence-electron chi connectivity index (χ0n) is 14.3. The summed E-state index contributed by atoms with van der Waals surface area (Å²) in [6.45, 7) is 4.83. The molecule has 0 aliphatic heterocycles. The molecule has 1 aromatic rings. The minimum absolute atomic E-state index is 0.202. The van der Waals surface area contributed by atoms with E-state index in [9.17, 15) is 14.4 Å². The standard InChI is InChI=1S/C17H25N3O4/c1-17(2,3)24-16(23)13(9-12-7-5-4-6-8-12)20-15(22)11-19-14(21)10-18/h4-8,13H,9-11,18H2,1-3H3,(H,19,21)(H,20,22)/t13-/m0/s1. The van der Waals surface area contributed by atoms with Gasteiger partial charge in [-0.25, -0.2) is 4.79 Å². The van der Waals surface area contributed by atoms with Crippen LogP contribution >= 0.6 is 0 Å². The number of hydrogen-bond donors (Lipinski definition) is 3. The molecule has 7 heteroatoms. The number of rotatable bonds is 7. The molecule has 0 radical (unpaired) electrons. The topological polar surface area (TPSA) is 111 Å². The highest BCUT2D eigenvalue weighted by Gasteiger charge is 2.26.